The van der Waals surface area contributed by atoms with Gasteiger partial charge >= 0.3 is 0 Å². The zero-order valence-electron chi connectivity index (χ0n) is 16.6. The summed E-state index contributed by atoms with van der Waals surface area (Å²) in [7, 11) is 1.64. The predicted molar refractivity (Wildman–Crippen MR) is 111 cm³/mol. The molecule has 7 nitrogen and oxygen atoms in total. The Kier molecular flexibility index (Phi) is 6.08. The quantitative estimate of drug-likeness (QED) is 0.784. The second-order valence-electron chi connectivity index (χ2n) is 7.72. The summed E-state index contributed by atoms with van der Waals surface area (Å²) in [5.41, 5.74) is 1.02. The molecule has 2 fully saturated rings. The van der Waals surface area contributed by atoms with Gasteiger partial charge in [-0.1, -0.05) is 48.8 Å². The number of nitrogens with one attached hydrogen (secondary N) is 1. The predicted octanol–water partition coefficient (Wildman–Crippen LogP) is 3.26. The fourth-order valence-electron chi connectivity index (χ4n) is 4.25. The van der Waals surface area contributed by atoms with Crippen LogP contribution < -0.4 is 10.1 Å². The van der Waals surface area contributed by atoms with E-state index in [0.29, 0.717) is 24.1 Å². The van der Waals surface area contributed by atoms with E-state index in [9.17, 15) is 9.59 Å². The number of benzene rings is 1. The maximum atomic E-state index is 12.7. The molecule has 1 N–H and O–H groups in total. The molecule has 0 spiro atoms. The number of carbonyl (C=O) groups is 2. The summed E-state index contributed by atoms with van der Waals surface area (Å²) >= 11 is 1.36. The van der Waals surface area contributed by atoms with E-state index in [0.717, 1.165) is 29.2 Å². The standard InChI is InChI=1S/C21H26N4O3S/c1-28-17-10-6-5-7-14(17)11-18-23-24-21(29-18)22-20(27)15-12-19(26)25(13-15)16-8-3-2-4-9-16/h5-7,10,15-16H,2-4,8-9,11-13H2,1H3,(H,22,24,27)/t15-/m1/s1. The molecule has 1 aliphatic carbocycles. The molecule has 4 rings (SSSR count). The molecule has 0 radical (unpaired) electrons. The van der Waals surface area contributed by atoms with E-state index in [1.165, 1.54) is 30.6 Å². The third-order valence-electron chi connectivity index (χ3n) is 5.78. The van der Waals surface area contributed by atoms with Gasteiger partial charge in [0.2, 0.25) is 16.9 Å². The summed E-state index contributed by atoms with van der Waals surface area (Å²) < 4.78 is 5.38. The van der Waals surface area contributed by atoms with Gasteiger partial charge in [0.1, 0.15) is 10.8 Å². The molecule has 0 unspecified atom stereocenters. The lowest BCUT2D eigenvalue weighted by molar-refractivity contribution is -0.130. The number of aromatic nitrogens is 2. The molecule has 8 heteroatoms. The lowest BCUT2D eigenvalue weighted by Gasteiger charge is -2.31. The van der Waals surface area contributed by atoms with E-state index in [1.807, 2.05) is 29.2 Å². The Balaban J connectivity index is 1.35. The molecular formula is C21H26N4O3S. The summed E-state index contributed by atoms with van der Waals surface area (Å²) in [6.45, 7) is 0.516. The first-order chi connectivity index (χ1) is 14.1. The van der Waals surface area contributed by atoms with Gasteiger partial charge in [-0.05, 0) is 18.9 Å². The molecule has 1 saturated heterocycles. The Labute approximate surface area is 174 Å². The Morgan fingerprint density at radius 3 is 2.83 bits per heavy atom. The number of methoxy groups -OCH3 is 1. The van der Waals surface area contributed by atoms with Gasteiger partial charge < -0.3 is 15.0 Å². The van der Waals surface area contributed by atoms with Crippen molar-refractivity contribution in [1.29, 1.82) is 0 Å². The summed E-state index contributed by atoms with van der Waals surface area (Å²) in [6, 6.07) is 8.09. The molecule has 2 aromatic rings. The topological polar surface area (TPSA) is 84.4 Å². The van der Waals surface area contributed by atoms with Gasteiger partial charge in [0, 0.05) is 31.0 Å². The SMILES string of the molecule is COc1ccccc1Cc1nnc(NC(=O)[C@@H]2CC(=O)N(C3CCCCC3)C2)s1. The number of hydrogen-bond acceptors (Lipinski definition) is 6. The number of para-hydroxylation sites is 1. The van der Waals surface area contributed by atoms with Crippen molar-refractivity contribution in [2.45, 2.75) is 51.0 Å². The minimum atomic E-state index is -0.314. The van der Waals surface area contributed by atoms with Gasteiger partial charge in [-0.2, -0.15) is 0 Å². The van der Waals surface area contributed by atoms with Crippen molar-refractivity contribution in [2.75, 3.05) is 19.0 Å². The number of anilines is 1. The average Bonchev–Trinajstić information content (AvgIpc) is 3.35. The largest absolute Gasteiger partial charge is 0.496 e. The lowest BCUT2D eigenvalue weighted by Crippen LogP contribution is -2.38. The Bertz CT molecular complexity index is 878. The van der Waals surface area contributed by atoms with E-state index >= 15 is 0 Å². The van der Waals surface area contributed by atoms with Crippen molar-refractivity contribution >= 4 is 28.3 Å². The first-order valence-electron chi connectivity index (χ1n) is 10.2. The maximum Gasteiger partial charge on any atom is 0.231 e. The van der Waals surface area contributed by atoms with Gasteiger partial charge in [-0.3, -0.25) is 9.59 Å². The highest BCUT2D eigenvalue weighted by atomic mass is 32.1. The molecule has 0 bridgehead atoms. The molecule has 1 saturated carbocycles. The molecule has 1 aliphatic heterocycles. The molecular weight excluding hydrogens is 388 g/mol. The van der Waals surface area contributed by atoms with E-state index in [1.54, 1.807) is 7.11 Å². The number of nitrogens with zero attached hydrogens (tertiary/aromatic N) is 3. The van der Waals surface area contributed by atoms with E-state index in [2.05, 4.69) is 15.5 Å². The van der Waals surface area contributed by atoms with Crippen LogP contribution in [0.15, 0.2) is 24.3 Å². The van der Waals surface area contributed by atoms with Crippen molar-refractivity contribution in [3.05, 3.63) is 34.8 Å². The van der Waals surface area contributed by atoms with E-state index in [4.69, 9.17) is 4.74 Å². The smallest absolute Gasteiger partial charge is 0.231 e. The van der Waals surface area contributed by atoms with Crippen LogP contribution in [0.5, 0.6) is 5.75 Å². The summed E-state index contributed by atoms with van der Waals surface area (Å²) in [4.78, 5) is 27.0. The van der Waals surface area contributed by atoms with Gasteiger partial charge in [0.15, 0.2) is 0 Å². The Hall–Kier alpha value is -2.48. The van der Waals surface area contributed by atoms with Crippen molar-refractivity contribution in [1.82, 2.24) is 15.1 Å². The lowest BCUT2D eigenvalue weighted by atomic mass is 9.94. The van der Waals surface area contributed by atoms with Crippen molar-refractivity contribution in [2.24, 2.45) is 5.92 Å². The minimum absolute atomic E-state index is 0.103. The second kappa shape index (κ2) is 8.90. The number of rotatable bonds is 6. The zero-order chi connectivity index (χ0) is 20.2. The number of amides is 2. The first kappa shape index (κ1) is 19.8. The highest BCUT2D eigenvalue weighted by Gasteiger charge is 2.38. The molecule has 2 aliphatic rings. The minimum Gasteiger partial charge on any atom is -0.496 e. The van der Waals surface area contributed by atoms with Crippen LogP contribution in [0.1, 0.15) is 49.1 Å². The normalized spacial score (nSPS) is 20.1. The first-order valence-corrected chi connectivity index (χ1v) is 11.0. The van der Waals surface area contributed by atoms with Crippen LogP contribution in [-0.2, 0) is 16.0 Å². The second-order valence-corrected chi connectivity index (χ2v) is 8.78. The van der Waals surface area contributed by atoms with Crippen molar-refractivity contribution in [3.63, 3.8) is 0 Å². The molecule has 2 amide bonds. The zero-order valence-corrected chi connectivity index (χ0v) is 17.4. The van der Waals surface area contributed by atoms with Gasteiger partial charge in [0.05, 0.1) is 13.0 Å². The Morgan fingerprint density at radius 2 is 2.03 bits per heavy atom. The van der Waals surface area contributed by atoms with Crippen molar-refractivity contribution < 1.29 is 14.3 Å². The average molecular weight is 415 g/mol. The van der Waals surface area contributed by atoms with E-state index < -0.39 is 0 Å². The third kappa shape index (κ3) is 4.58. The monoisotopic (exact) mass is 414 g/mol. The highest BCUT2D eigenvalue weighted by molar-refractivity contribution is 7.15. The van der Waals surface area contributed by atoms with Crippen molar-refractivity contribution in [3.8, 4) is 5.75 Å². The van der Waals surface area contributed by atoms with Gasteiger partial charge in [-0.25, -0.2) is 0 Å². The van der Waals surface area contributed by atoms with Crippen LogP contribution in [0.3, 0.4) is 0 Å². The van der Waals surface area contributed by atoms with Crippen LogP contribution in [0, 0.1) is 5.92 Å². The fourth-order valence-corrected chi connectivity index (χ4v) is 5.01. The van der Waals surface area contributed by atoms with E-state index in [-0.39, 0.29) is 24.2 Å². The molecule has 1 atom stereocenters. The Morgan fingerprint density at radius 1 is 1.24 bits per heavy atom. The highest BCUT2D eigenvalue weighted by Crippen LogP contribution is 2.30. The molecule has 29 heavy (non-hydrogen) atoms. The maximum absolute atomic E-state index is 12.7. The van der Waals surface area contributed by atoms with Gasteiger partial charge in [-0.15, -0.1) is 10.2 Å². The van der Waals surface area contributed by atoms with Crippen LogP contribution in [-0.4, -0.2) is 46.6 Å². The van der Waals surface area contributed by atoms with Gasteiger partial charge in [0.25, 0.3) is 0 Å². The van der Waals surface area contributed by atoms with Crippen LogP contribution >= 0.6 is 11.3 Å². The van der Waals surface area contributed by atoms with Crippen LogP contribution in [0.25, 0.3) is 0 Å². The molecule has 1 aromatic carbocycles. The third-order valence-corrected chi connectivity index (χ3v) is 6.61. The summed E-state index contributed by atoms with van der Waals surface area (Å²) in [6.07, 6.45) is 6.59. The number of carbonyl (C=O) groups excluding carboxylic acids is 2. The number of ether oxygens (including phenoxy) is 1. The molecule has 2 heterocycles. The molecule has 154 valence electrons. The van der Waals surface area contributed by atoms with Crippen LogP contribution in [0.4, 0.5) is 5.13 Å². The summed E-state index contributed by atoms with van der Waals surface area (Å²) in [5, 5.41) is 12.4. The molecule has 1 aromatic heterocycles. The number of likely N-dealkylation sites (tertiary alicyclic amines) is 1. The fraction of sp³-hybridized carbons (Fsp3) is 0.524. The van der Waals surface area contributed by atoms with Crippen LogP contribution in [0.2, 0.25) is 0 Å². The summed E-state index contributed by atoms with van der Waals surface area (Å²) in [5.74, 6) is 0.453. The number of hydrogen-bond donors (Lipinski definition) is 1.